The maximum Gasteiger partial charge on any atom is 0.246 e. The van der Waals surface area contributed by atoms with Crippen LogP contribution in [0.25, 0.3) is 16.6 Å². The molecule has 33 heavy (non-hydrogen) atoms. The van der Waals surface area contributed by atoms with E-state index in [9.17, 15) is 9.59 Å². The molecule has 0 radical (unpaired) electrons. The monoisotopic (exact) mass is 462 g/mol. The number of aromatic nitrogens is 2. The molecule has 0 aliphatic carbocycles. The lowest BCUT2D eigenvalue weighted by Gasteiger charge is -2.31. The van der Waals surface area contributed by atoms with Gasteiger partial charge in [0.15, 0.2) is 0 Å². The Hall–Kier alpha value is -3.19. The van der Waals surface area contributed by atoms with Crippen molar-refractivity contribution < 1.29 is 9.59 Å². The number of likely N-dealkylation sites (tertiary alicyclic amines) is 1. The van der Waals surface area contributed by atoms with Crippen LogP contribution >= 0.6 is 11.3 Å². The van der Waals surface area contributed by atoms with Crippen LogP contribution in [0.1, 0.15) is 37.8 Å². The summed E-state index contributed by atoms with van der Waals surface area (Å²) < 4.78 is 1.92. The highest BCUT2D eigenvalue weighted by atomic mass is 32.1. The lowest BCUT2D eigenvalue weighted by atomic mass is 9.95. The van der Waals surface area contributed by atoms with Gasteiger partial charge in [0, 0.05) is 42.9 Å². The van der Waals surface area contributed by atoms with E-state index >= 15 is 0 Å². The van der Waals surface area contributed by atoms with Crippen molar-refractivity contribution in [3.63, 3.8) is 0 Å². The van der Waals surface area contributed by atoms with Gasteiger partial charge in [-0.15, -0.1) is 11.3 Å². The topological polar surface area (TPSA) is 67.2 Å². The van der Waals surface area contributed by atoms with Crippen LogP contribution in [0.15, 0.2) is 60.1 Å². The molecule has 0 atom stereocenters. The van der Waals surface area contributed by atoms with Crippen molar-refractivity contribution in [1.29, 1.82) is 0 Å². The van der Waals surface area contributed by atoms with Gasteiger partial charge in [-0.05, 0) is 49.8 Å². The van der Waals surface area contributed by atoms with Crippen molar-refractivity contribution in [3.8, 4) is 10.6 Å². The first-order valence-corrected chi connectivity index (χ1v) is 12.3. The summed E-state index contributed by atoms with van der Waals surface area (Å²) in [7, 11) is 0. The highest BCUT2D eigenvalue weighted by Crippen LogP contribution is 2.28. The van der Waals surface area contributed by atoms with E-state index in [2.05, 4.69) is 17.4 Å². The molecule has 0 unspecified atom stereocenters. The zero-order valence-corrected chi connectivity index (χ0v) is 19.9. The number of nitrogens with zero attached hydrogens (tertiary/aromatic N) is 3. The molecule has 172 valence electrons. The third-order valence-electron chi connectivity index (χ3n) is 5.75. The van der Waals surface area contributed by atoms with Crippen molar-refractivity contribution in [3.05, 3.63) is 71.2 Å². The number of piperidine rings is 1. The fraction of sp³-hybridized carbons (Fsp3) is 0.346. The second-order valence-corrected chi connectivity index (χ2v) is 9.64. The fourth-order valence-electron chi connectivity index (χ4n) is 4.05. The number of carbonyl (C=O) groups is 2. The fourth-order valence-corrected chi connectivity index (χ4v) is 4.78. The average Bonchev–Trinajstić information content (AvgIpc) is 3.48. The molecule has 2 amide bonds. The summed E-state index contributed by atoms with van der Waals surface area (Å²) in [5, 5.41) is 9.81. The van der Waals surface area contributed by atoms with Gasteiger partial charge in [-0.1, -0.05) is 36.4 Å². The maximum atomic E-state index is 12.8. The van der Waals surface area contributed by atoms with E-state index < -0.39 is 0 Å². The zero-order valence-electron chi connectivity index (χ0n) is 19.1. The van der Waals surface area contributed by atoms with Gasteiger partial charge in [0.1, 0.15) is 5.69 Å². The first kappa shape index (κ1) is 23.0. The molecule has 1 aromatic carbocycles. The largest absolute Gasteiger partial charge is 0.354 e. The molecule has 0 spiro atoms. The van der Waals surface area contributed by atoms with Gasteiger partial charge in [-0.25, -0.2) is 0 Å². The minimum absolute atomic E-state index is 0.0120. The molecular formula is C26H30N4O2S. The standard InChI is InChI=1S/C26H30N4O2S/c1-19(2)27-26(32)21-12-14-29(15-13-21)24(31)11-10-22-18-30(17-20-7-4-3-5-8-20)28-25(22)23-9-6-16-33-23/h3-11,16,18-19,21H,12-15,17H2,1-2H3,(H,27,32)/b11-10+. The summed E-state index contributed by atoms with van der Waals surface area (Å²) >= 11 is 1.64. The number of hydrogen-bond donors (Lipinski definition) is 1. The number of carbonyl (C=O) groups excluding carboxylic acids is 2. The van der Waals surface area contributed by atoms with E-state index in [-0.39, 0.29) is 23.8 Å². The lowest BCUT2D eigenvalue weighted by Crippen LogP contribution is -2.43. The minimum Gasteiger partial charge on any atom is -0.354 e. The van der Waals surface area contributed by atoms with Crippen molar-refractivity contribution in [2.75, 3.05) is 13.1 Å². The van der Waals surface area contributed by atoms with Crippen molar-refractivity contribution >= 4 is 29.2 Å². The van der Waals surface area contributed by atoms with E-state index in [4.69, 9.17) is 5.10 Å². The predicted octanol–water partition coefficient (Wildman–Crippen LogP) is 4.44. The molecule has 1 saturated heterocycles. The van der Waals surface area contributed by atoms with Gasteiger partial charge in [-0.3, -0.25) is 14.3 Å². The molecule has 7 heteroatoms. The van der Waals surface area contributed by atoms with E-state index in [0.29, 0.717) is 32.5 Å². The Morgan fingerprint density at radius 2 is 1.91 bits per heavy atom. The number of nitrogens with one attached hydrogen (secondary N) is 1. The summed E-state index contributed by atoms with van der Waals surface area (Å²) in [4.78, 5) is 28.0. The maximum absolute atomic E-state index is 12.8. The molecule has 0 bridgehead atoms. The number of benzene rings is 1. The third kappa shape index (κ3) is 5.99. The van der Waals surface area contributed by atoms with Crippen molar-refractivity contribution in [2.24, 2.45) is 5.92 Å². The molecule has 1 aliphatic rings. The van der Waals surface area contributed by atoms with Gasteiger partial charge in [-0.2, -0.15) is 5.10 Å². The molecule has 3 aromatic rings. The van der Waals surface area contributed by atoms with E-state index in [1.165, 1.54) is 5.56 Å². The van der Waals surface area contributed by atoms with E-state index in [1.807, 2.05) is 71.4 Å². The summed E-state index contributed by atoms with van der Waals surface area (Å²) in [5.41, 5.74) is 2.98. The molecule has 6 nitrogen and oxygen atoms in total. The lowest BCUT2D eigenvalue weighted by molar-refractivity contribution is -0.132. The predicted molar refractivity (Wildman–Crippen MR) is 133 cm³/mol. The smallest absolute Gasteiger partial charge is 0.246 e. The second-order valence-electron chi connectivity index (χ2n) is 8.69. The molecule has 3 heterocycles. The Kier molecular flexibility index (Phi) is 7.40. The minimum atomic E-state index is -0.0225. The van der Waals surface area contributed by atoms with Gasteiger partial charge in [0.05, 0.1) is 11.4 Å². The van der Waals surface area contributed by atoms with Crippen LogP contribution in [-0.2, 0) is 16.1 Å². The summed E-state index contributed by atoms with van der Waals surface area (Å²) in [6.45, 7) is 5.81. The Morgan fingerprint density at radius 1 is 1.15 bits per heavy atom. The SMILES string of the molecule is CC(C)NC(=O)C1CCN(C(=O)/C=C/c2cn(Cc3ccccc3)nc2-c2cccs2)CC1. The van der Waals surface area contributed by atoms with E-state index in [1.54, 1.807) is 17.4 Å². The first-order chi connectivity index (χ1) is 16.0. The molecule has 2 aromatic heterocycles. The van der Waals surface area contributed by atoms with Crippen molar-refractivity contribution in [1.82, 2.24) is 20.0 Å². The summed E-state index contributed by atoms with van der Waals surface area (Å²) in [5.74, 6) is 0.0618. The molecule has 0 saturated carbocycles. The zero-order chi connectivity index (χ0) is 23.2. The first-order valence-electron chi connectivity index (χ1n) is 11.4. The molecule has 1 fully saturated rings. The molecule has 4 rings (SSSR count). The second kappa shape index (κ2) is 10.6. The van der Waals surface area contributed by atoms with Crippen molar-refractivity contribution in [2.45, 2.75) is 39.3 Å². The van der Waals surface area contributed by atoms with Crippen LogP contribution in [0.5, 0.6) is 0 Å². The van der Waals surface area contributed by atoms with E-state index in [0.717, 1.165) is 16.1 Å². The highest BCUT2D eigenvalue weighted by Gasteiger charge is 2.26. The molecule has 1 N–H and O–H groups in total. The summed E-state index contributed by atoms with van der Waals surface area (Å²) in [6, 6.07) is 14.4. The van der Waals surface area contributed by atoms with Gasteiger partial charge in [0.2, 0.25) is 11.8 Å². The highest BCUT2D eigenvalue weighted by molar-refractivity contribution is 7.13. The number of rotatable bonds is 7. The quantitative estimate of drug-likeness (QED) is 0.528. The average molecular weight is 463 g/mol. The van der Waals surface area contributed by atoms with Gasteiger partial charge >= 0.3 is 0 Å². The Bertz CT molecular complexity index is 1090. The summed E-state index contributed by atoms with van der Waals surface area (Å²) in [6.07, 6.45) is 6.90. The van der Waals surface area contributed by atoms with Gasteiger partial charge in [0.25, 0.3) is 0 Å². The van der Waals surface area contributed by atoms with Crippen LogP contribution in [0.3, 0.4) is 0 Å². The van der Waals surface area contributed by atoms with Crippen LogP contribution in [0.2, 0.25) is 0 Å². The number of amides is 2. The third-order valence-corrected chi connectivity index (χ3v) is 6.62. The van der Waals surface area contributed by atoms with Crippen LogP contribution in [0, 0.1) is 5.92 Å². The number of thiophene rings is 1. The van der Waals surface area contributed by atoms with Gasteiger partial charge < -0.3 is 10.2 Å². The van der Waals surface area contributed by atoms with Crippen LogP contribution < -0.4 is 5.32 Å². The normalized spacial score (nSPS) is 14.8. The molecular weight excluding hydrogens is 432 g/mol. The molecule has 1 aliphatic heterocycles. The van der Waals surface area contributed by atoms with Crippen LogP contribution in [0.4, 0.5) is 0 Å². The van der Waals surface area contributed by atoms with Crippen LogP contribution in [-0.4, -0.2) is 45.6 Å². The Morgan fingerprint density at radius 3 is 2.58 bits per heavy atom. The number of hydrogen-bond acceptors (Lipinski definition) is 4. The Balaban J connectivity index is 1.44. The Labute approximate surface area is 198 Å².